The smallest absolute Gasteiger partial charge is 0.295 e. The monoisotopic (exact) mass is 499 g/mol. The first-order chi connectivity index (χ1) is 17.7. The molecule has 0 radical (unpaired) electrons. The number of hydrogen-bond acceptors (Lipinski definition) is 5. The summed E-state index contributed by atoms with van der Waals surface area (Å²) >= 11 is 0. The van der Waals surface area contributed by atoms with Crippen LogP contribution in [0.2, 0.25) is 0 Å². The fourth-order valence-corrected chi connectivity index (χ4v) is 4.67. The molecule has 1 aliphatic heterocycles. The zero-order chi connectivity index (χ0) is 26.7. The summed E-state index contributed by atoms with van der Waals surface area (Å²) in [5.41, 5.74) is 4.53. The maximum absolute atomic E-state index is 13.3. The van der Waals surface area contributed by atoms with Gasteiger partial charge in [0.05, 0.1) is 25.8 Å². The Morgan fingerprint density at radius 3 is 2.16 bits per heavy atom. The second-order valence-corrected chi connectivity index (χ2v) is 9.62. The van der Waals surface area contributed by atoms with Crippen LogP contribution in [0.4, 0.5) is 0 Å². The molecule has 6 nitrogen and oxygen atoms in total. The summed E-state index contributed by atoms with van der Waals surface area (Å²) in [4.78, 5) is 28.2. The van der Waals surface area contributed by atoms with Gasteiger partial charge in [-0.05, 0) is 48.1 Å². The minimum atomic E-state index is -0.692. The minimum absolute atomic E-state index is 0.110. The molecule has 3 aromatic carbocycles. The molecular weight excluding hydrogens is 466 g/mol. The molecule has 192 valence electrons. The molecule has 0 aliphatic carbocycles. The van der Waals surface area contributed by atoms with Crippen LogP contribution in [0.1, 0.15) is 53.6 Å². The summed E-state index contributed by atoms with van der Waals surface area (Å²) in [6.45, 7) is 6.47. The van der Waals surface area contributed by atoms with Gasteiger partial charge in [0, 0.05) is 12.1 Å². The minimum Gasteiger partial charge on any atom is -0.507 e. The van der Waals surface area contributed by atoms with Crippen molar-refractivity contribution in [1.82, 2.24) is 4.90 Å². The van der Waals surface area contributed by atoms with Crippen molar-refractivity contribution in [2.24, 2.45) is 0 Å². The molecule has 0 unspecified atom stereocenters. The number of hydrogen-bond donors (Lipinski definition) is 1. The SMILES string of the molecule is COc1ccc(CCN2C(=O)C(=O)C(=C(O)c3ccc(C)cc3)[C@@H]2c2ccc(C(C)C)cc2)cc1OC. The van der Waals surface area contributed by atoms with Gasteiger partial charge in [-0.3, -0.25) is 9.59 Å². The number of rotatable bonds is 8. The number of Topliss-reactive ketones (excluding diaryl/α,β-unsaturated/α-hetero) is 1. The maximum atomic E-state index is 13.3. The molecule has 1 aliphatic rings. The van der Waals surface area contributed by atoms with E-state index in [4.69, 9.17) is 9.47 Å². The zero-order valence-electron chi connectivity index (χ0n) is 21.9. The van der Waals surface area contributed by atoms with Crippen molar-refractivity contribution in [2.75, 3.05) is 20.8 Å². The quantitative estimate of drug-likeness (QED) is 0.241. The molecule has 1 fully saturated rings. The third kappa shape index (κ3) is 5.24. The number of carbonyl (C=O) groups is 2. The predicted octanol–water partition coefficient (Wildman–Crippen LogP) is 5.80. The number of methoxy groups -OCH3 is 2. The molecular formula is C31H33NO5. The van der Waals surface area contributed by atoms with Crippen molar-refractivity contribution in [3.05, 3.63) is 100 Å². The Morgan fingerprint density at radius 1 is 0.919 bits per heavy atom. The van der Waals surface area contributed by atoms with Crippen LogP contribution in [0, 0.1) is 6.92 Å². The van der Waals surface area contributed by atoms with Gasteiger partial charge in [0.25, 0.3) is 11.7 Å². The average Bonchev–Trinajstić information content (AvgIpc) is 3.16. The van der Waals surface area contributed by atoms with Gasteiger partial charge in [-0.2, -0.15) is 0 Å². The molecule has 1 amide bonds. The summed E-state index contributed by atoms with van der Waals surface area (Å²) < 4.78 is 10.7. The van der Waals surface area contributed by atoms with Gasteiger partial charge in [0.15, 0.2) is 11.5 Å². The summed E-state index contributed by atoms with van der Waals surface area (Å²) in [5, 5.41) is 11.3. The Kier molecular flexibility index (Phi) is 7.67. The maximum Gasteiger partial charge on any atom is 0.295 e. The van der Waals surface area contributed by atoms with Gasteiger partial charge in [-0.15, -0.1) is 0 Å². The zero-order valence-corrected chi connectivity index (χ0v) is 21.9. The van der Waals surface area contributed by atoms with E-state index < -0.39 is 17.7 Å². The number of benzene rings is 3. The van der Waals surface area contributed by atoms with Crippen LogP contribution in [0.15, 0.2) is 72.3 Å². The van der Waals surface area contributed by atoms with Gasteiger partial charge in [0.2, 0.25) is 0 Å². The summed E-state index contributed by atoms with van der Waals surface area (Å²) in [5.74, 6) is 0.107. The number of amides is 1. The lowest BCUT2D eigenvalue weighted by molar-refractivity contribution is -0.139. The highest BCUT2D eigenvalue weighted by molar-refractivity contribution is 6.46. The fourth-order valence-electron chi connectivity index (χ4n) is 4.67. The van der Waals surface area contributed by atoms with Crippen LogP contribution >= 0.6 is 0 Å². The van der Waals surface area contributed by atoms with E-state index in [1.54, 1.807) is 31.3 Å². The number of carbonyl (C=O) groups excluding carboxylic acids is 2. The van der Waals surface area contributed by atoms with Crippen molar-refractivity contribution < 1.29 is 24.2 Å². The molecule has 1 saturated heterocycles. The van der Waals surface area contributed by atoms with Gasteiger partial charge in [0.1, 0.15) is 5.76 Å². The van der Waals surface area contributed by atoms with E-state index >= 15 is 0 Å². The van der Waals surface area contributed by atoms with Crippen molar-refractivity contribution >= 4 is 17.4 Å². The number of nitrogens with zero attached hydrogens (tertiary/aromatic N) is 1. The number of likely N-dealkylation sites (tertiary alicyclic amines) is 1. The molecule has 0 spiro atoms. The second kappa shape index (κ2) is 10.9. The second-order valence-electron chi connectivity index (χ2n) is 9.62. The molecule has 0 aromatic heterocycles. The number of aliphatic hydroxyl groups is 1. The van der Waals surface area contributed by atoms with Crippen LogP contribution in [-0.4, -0.2) is 42.5 Å². The molecule has 37 heavy (non-hydrogen) atoms. The summed E-state index contributed by atoms with van der Waals surface area (Å²) in [6, 6.07) is 20.1. The van der Waals surface area contributed by atoms with Gasteiger partial charge >= 0.3 is 0 Å². The largest absolute Gasteiger partial charge is 0.507 e. The Labute approximate surface area is 218 Å². The first-order valence-electron chi connectivity index (χ1n) is 12.4. The van der Waals surface area contributed by atoms with Crippen molar-refractivity contribution in [1.29, 1.82) is 0 Å². The van der Waals surface area contributed by atoms with Crippen LogP contribution in [0.3, 0.4) is 0 Å². The lowest BCUT2D eigenvalue weighted by atomic mass is 9.93. The molecule has 1 heterocycles. The molecule has 0 saturated carbocycles. The highest BCUT2D eigenvalue weighted by Crippen LogP contribution is 2.40. The number of aryl methyl sites for hydroxylation is 1. The van der Waals surface area contributed by atoms with Crippen LogP contribution in [0.5, 0.6) is 11.5 Å². The molecule has 4 rings (SSSR count). The van der Waals surface area contributed by atoms with E-state index in [1.165, 1.54) is 0 Å². The lowest BCUT2D eigenvalue weighted by Crippen LogP contribution is -2.31. The van der Waals surface area contributed by atoms with E-state index in [-0.39, 0.29) is 11.3 Å². The van der Waals surface area contributed by atoms with Gasteiger partial charge < -0.3 is 19.5 Å². The molecule has 1 N–H and O–H groups in total. The van der Waals surface area contributed by atoms with Crippen LogP contribution < -0.4 is 9.47 Å². The van der Waals surface area contributed by atoms with Crippen molar-refractivity contribution in [2.45, 2.75) is 39.2 Å². The molecule has 6 heteroatoms. The summed E-state index contributed by atoms with van der Waals surface area (Å²) in [7, 11) is 3.15. The molecule has 1 atom stereocenters. The third-order valence-electron chi connectivity index (χ3n) is 6.87. The van der Waals surface area contributed by atoms with E-state index in [0.717, 1.165) is 22.3 Å². The Morgan fingerprint density at radius 2 is 1.57 bits per heavy atom. The lowest BCUT2D eigenvalue weighted by Gasteiger charge is -2.26. The van der Waals surface area contributed by atoms with Crippen molar-refractivity contribution in [3.8, 4) is 11.5 Å². The van der Waals surface area contributed by atoms with Crippen LogP contribution in [0.25, 0.3) is 5.76 Å². The van der Waals surface area contributed by atoms with Gasteiger partial charge in [-0.1, -0.05) is 74.0 Å². The standard InChI is InChI=1S/C31H33NO5/c1-19(2)22-11-13-23(14-12-22)28-27(29(33)24-9-6-20(3)7-10-24)30(34)31(35)32(28)17-16-21-8-15-25(36-4)26(18-21)37-5/h6-15,18-19,28,33H,16-17H2,1-5H3/t28-/m0/s1. The number of aliphatic hydroxyl groups excluding tert-OH is 1. The Hall–Kier alpha value is -4.06. The highest BCUT2D eigenvalue weighted by atomic mass is 16.5. The first kappa shape index (κ1) is 26.0. The Bertz CT molecular complexity index is 1320. The molecule has 3 aromatic rings. The first-order valence-corrected chi connectivity index (χ1v) is 12.4. The van der Waals surface area contributed by atoms with Crippen LogP contribution in [-0.2, 0) is 16.0 Å². The number of ether oxygens (including phenoxy) is 2. The predicted molar refractivity (Wildman–Crippen MR) is 144 cm³/mol. The van der Waals surface area contributed by atoms with Gasteiger partial charge in [-0.25, -0.2) is 0 Å². The van der Waals surface area contributed by atoms with E-state index in [2.05, 4.69) is 13.8 Å². The van der Waals surface area contributed by atoms with E-state index in [9.17, 15) is 14.7 Å². The topological polar surface area (TPSA) is 76.1 Å². The number of ketones is 1. The van der Waals surface area contributed by atoms with E-state index in [0.29, 0.717) is 35.9 Å². The highest BCUT2D eigenvalue weighted by Gasteiger charge is 2.45. The normalized spacial score (nSPS) is 16.9. The average molecular weight is 500 g/mol. The Balaban J connectivity index is 1.75. The fraction of sp³-hybridized carbons (Fsp3) is 0.290. The third-order valence-corrected chi connectivity index (χ3v) is 6.87. The van der Waals surface area contributed by atoms with E-state index in [1.807, 2.05) is 61.5 Å². The summed E-state index contributed by atoms with van der Waals surface area (Å²) in [6.07, 6.45) is 0.499. The van der Waals surface area contributed by atoms with Crippen molar-refractivity contribution in [3.63, 3.8) is 0 Å². The molecule has 0 bridgehead atoms.